The maximum absolute atomic E-state index is 12.6. The molecule has 1 atom stereocenters. The third-order valence-electron chi connectivity index (χ3n) is 5.94. The summed E-state index contributed by atoms with van der Waals surface area (Å²) >= 11 is 0. The van der Waals surface area contributed by atoms with Crippen molar-refractivity contribution < 1.29 is 17.9 Å². The van der Waals surface area contributed by atoms with Crippen molar-refractivity contribution in [1.29, 1.82) is 0 Å². The summed E-state index contributed by atoms with van der Waals surface area (Å²) < 4.78 is 31.8. The number of amides is 2. The van der Waals surface area contributed by atoms with Gasteiger partial charge in [-0.15, -0.1) is 0 Å². The predicted molar refractivity (Wildman–Crippen MR) is 104 cm³/mol. The Morgan fingerprint density at radius 1 is 1.11 bits per heavy atom. The Morgan fingerprint density at radius 3 is 2.48 bits per heavy atom. The fraction of sp³-hybridized carbons (Fsp3) is 0.944. The molecule has 1 aliphatic carbocycles. The first-order chi connectivity index (χ1) is 12.9. The van der Waals surface area contributed by atoms with Gasteiger partial charge in [-0.1, -0.05) is 12.8 Å². The number of hydrogen-bond donors (Lipinski definition) is 1. The highest BCUT2D eigenvalue weighted by Crippen LogP contribution is 2.21. The van der Waals surface area contributed by atoms with Crippen LogP contribution in [0, 0.1) is 0 Å². The molecule has 0 bridgehead atoms. The van der Waals surface area contributed by atoms with Crippen molar-refractivity contribution >= 4 is 16.1 Å². The standard InChI is InChI=1S/C18H34N4O4S/c1-27(24,25)22(10-9-20-11-13-26-14-12-20)17-7-4-8-21(15-17)18(23)19-16-5-2-3-6-16/h16-17H,2-15H2,1H3,(H,19,23). The normalized spacial score (nSPS) is 25.9. The average Bonchev–Trinajstić information content (AvgIpc) is 3.15. The molecule has 27 heavy (non-hydrogen) atoms. The van der Waals surface area contributed by atoms with E-state index in [4.69, 9.17) is 4.74 Å². The van der Waals surface area contributed by atoms with Crippen molar-refractivity contribution in [2.75, 3.05) is 58.7 Å². The maximum Gasteiger partial charge on any atom is 0.317 e. The zero-order valence-corrected chi connectivity index (χ0v) is 17.3. The fourth-order valence-corrected chi connectivity index (χ4v) is 5.52. The van der Waals surface area contributed by atoms with Crippen LogP contribution in [-0.4, -0.2) is 99.4 Å². The van der Waals surface area contributed by atoms with Crippen molar-refractivity contribution in [1.82, 2.24) is 19.4 Å². The molecule has 2 amide bonds. The number of morpholine rings is 1. The molecule has 3 aliphatic rings. The molecule has 0 radical (unpaired) electrons. The van der Waals surface area contributed by atoms with Gasteiger partial charge >= 0.3 is 6.03 Å². The summed E-state index contributed by atoms with van der Waals surface area (Å²) in [4.78, 5) is 16.7. The van der Waals surface area contributed by atoms with E-state index in [1.54, 1.807) is 9.21 Å². The minimum absolute atomic E-state index is 0.0340. The first-order valence-corrected chi connectivity index (χ1v) is 12.1. The molecule has 2 saturated heterocycles. The Labute approximate surface area is 163 Å². The van der Waals surface area contributed by atoms with E-state index < -0.39 is 10.0 Å². The van der Waals surface area contributed by atoms with E-state index >= 15 is 0 Å². The first kappa shape index (κ1) is 20.8. The minimum atomic E-state index is -3.32. The number of likely N-dealkylation sites (tertiary alicyclic amines) is 1. The number of sulfonamides is 1. The molecule has 3 fully saturated rings. The fourth-order valence-electron chi connectivity index (χ4n) is 4.39. The van der Waals surface area contributed by atoms with E-state index in [-0.39, 0.29) is 18.1 Å². The van der Waals surface area contributed by atoms with Crippen molar-refractivity contribution in [2.45, 2.75) is 50.6 Å². The van der Waals surface area contributed by atoms with Crippen LogP contribution in [0.2, 0.25) is 0 Å². The van der Waals surface area contributed by atoms with Crippen LogP contribution < -0.4 is 5.32 Å². The summed E-state index contributed by atoms with van der Waals surface area (Å²) in [7, 11) is -3.32. The van der Waals surface area contributed by atoms with Crippen LogP contribution in [0.5, 0.6) is 0 Å². The second kappa shape index (κ2) is 9.54. The van der Waals surface area contributed by atoms with Gasteiger partial charge in [0.05, 0.1) is 19.5 Å². The summed E-state index contributed by atoms with van der Waals surface area (Å²) in [5.41, 5.74) is 0. The Hall–Kier alpha value is -0.900. The van der Waals surface area contributed by atoms with Gasteiger partial charge in [0.1, 0.15) is 0 Å². The van der Waals surface area contributed by atoms with Crippen LogP contribution in [0.3, 0.4) is 0 Å². The molecule has 1 saturated carbocycles. The van der Waals surface area contributed by atoms with E-state index in [2.05, 4.69) is 10.2 Å². The molecule has 2 heterocycles. The van der Waals surface area contributed by atoms with Crippen LogP contribution in [0.4, 0.5) is 4.79 Å². The van der Waals surface area contributed by atoms with Crippen LogP contribution in [0.25, 0.3) is 0 Å². The Kier molecular flexibility index (Phi) is 7.35. The number of urea groups is 1. The number of carbonyl (C=O) groups is 1. The molecular weight excluding hydrogens is 368 g/mol. The van der Waals surface area contributed by atoms with Gasteiger partial charge in [0.25, 0.3) is 0 Å². The van der Waals surface area contributed by atoms with Gasteiger partial charge in [-0.2, -0.15) is 4.31 Å². The topological polar surface area (TPSA) is 82.2 Å². The minimum Gasteiger partial charge on any atom is -0.379 e. The third kappa shape index (κ3) is 6.04. The van der Waals surface area contributed by atoms with Crippen LogP contribution in [0.1, 0.15) is 38.5 Å². The van der Waals surface area contributed by atoms with E-state index in [9.17, 15) is 13.2 Å². The smallest absolute Gasteiger partial charge is 0.317 e. The first-order valence-electron chi connectivity index (χ1n) is 10.3. The lowest BCUT2D eigenvalue weighted by molar-refractivity contribution is 0.0342. The van der Waals surface area contributed by atoms with Gasteiger partial charge < -0.3 is 15.0 Å². The number of nitrogens with one attached hydrogen (secondary N) is 1. The number of ether oxygens (including phenoxy) is 1. The van der Waals surface area contributed by atoms with Crippen molar-refractivity contribution in [3.05, 3.63) is 0 Å². The summed E-state index contributed by atoms with van der Waals surface area (Å²) in [5.74, 6) is 0. The molecule has 8 nitrogen and oxygen atoms in total. The van der Waals surface area contributed by atoms with Gasteiger partial charge in [-0.05, 0) is 25.7 Å². The Morgan fingerprint density at radius 2 is 1.81 bits per heavy atom. The predicted octanol–water partition coefficient (Wildman–Crippen LogP) is 0.697. The maximum atomic E-state index is 12.6. The van der Waals surface area contributed by atoms with E-state index in [0.29, 0.717) is 39.4 Å². The quantitative estimate of drug-likeness (QED) is 0.707. The molecule has 156 valence electrons. The lowest BCUT2D eigenvalue weighted by Crippen LogP contribution is -2.55. The third-order valence-corrected chi connectivity index (χ3v) is 7.27. The molecule has 1 N–H and O–H groups in total. The number of piperidine rings is 1. The zero-order chi connectivity index (χ0) is 19.3. The lowest BCUT2D eigenvalue weighted by atomic mass is 10.1. The lowest BCUT2D eigenvalue weighted by Gasteiger charge is -2.39. The van der Waals surface area contributed by atoms with Crippen LogP contribution in [0.15, 0.2) is 0 Å². The highest BCUT2D eigenvalue weighted by atomic mass is 32.2. The van der Waals surface area contributed by atoms with Gasteiger partial charge in [0.15, 0.2) is 0 Å². The number of nitrogens with zero attached hydrogens (tertiary/aromatic N) is 3. The second-order valence-electron chi connectivity index (χ2n) is 8.00. The second-order valence-corrected chi connectivity index (χ2v) is 9.94. The van der Waals surface area contributed by atoms with Gasteiger partial charge in [0.2, 0.25) is 10.0 Å². The van der Waals surface area contributed by atoms with E-state index in [0.717, 1.165) is 38.8 Å². The number of rotatable bonds is 6. The van der Waals surface area contributed by atoms with Crippen LogP contribution >= 0.6 is 0 Å². The summed E-state index contributed by atoms with van der Waals surface area (Å²) in [5, 5.41) is 3.13. The molecule has 3 rings (SSSR count). The Bertz CT molecular complexity index is 588. The van der Waals surface area contributed by atoms with Gasteiger partial charge in [-0.3, -0.25) is 4.90 Å². The average molecular weight is 403 g/mol. The molecule has 0 spiro atoms. The molecule has 1 unspecified atom stereocenters. The molecule has 0 aromatic carbocycles. The number of carbonyl (C=O) groups excluding carboxylic acids is 1. The number of hydrogen-bond acceptors (Lipinski definition) is 5. The SMILES string of the molecule is CS(=O)(=O)N(CCN1CCOCC1)C1CCCN(C(=O)NC2CCCC2)C1. The largest absolute Gasteiger partial charge is 0.379 e. The summed E-state index contributed by atoms with van der Waals surface area (Å²) in [6.07, 6.45) is 7.39. The monoisotopic (exact) mass is 402 g/mol. The Balaban J connectivity index is 1.56. The van der Waals surface area contributed by atoms with Gasteiger partial charge in [-0.25, -0.2) is 13.2 Å². The highest BCUT2D eigenvalue weighted by Gasteiger charge is 2.33. The molecule has 0 aromatic rings. The van der Waals surface area contributed by atoms with Crippen molar-refractivity contribution in [3.8, 4) is 0 Å². The van der Waals surface area contributed by atoms with E-state index in [1.807, 2.05) is 0 Å². The van der Waals surface area contributed by atoms with E-state index in [1.165, 1.54) is 19.1 Å². The van der Waals surface area contributed by atoms with Crippen LogP contribution in [-0.2, 0) is 14.8 Å². The molecule has 9 heteroatoms. The van der Waals surface area contributed by atoms with Crippen molar-refractivity contribution in [2.24, 2.45) is 0 Å². The van der Waals surface area contributed by atoms with Crippen molar-refractivity contribution in [3.63, 3.8) is 0 Å². The summed E-state index contributed by atoms with van der Waals surface area (Å²) in [6.45, 7) is 5.47. The summed E-state index contributed by atoms with van der Waals surface area (Å²) in [6, 6.07) is 0.113. The molecular formula is C18H34N4O4S. The zero-order valence-electron chi connectivity index (χ0n) is 16.4. The molecule has 0 aromatic heterocycles. The highest BCUT2D eigenvalue weighted by molar-refractivity contribution is 7.88. The molecule has 2 aliphatic heterocycles. The van der Waals surface area contributed by atoms with Gasteiger partial charge in [0, 0.05) is 51.4 Å².